The number of sulfonamides is 1. The van der Waals surface area contributed by atoms with E-state index in [1.165, 1.54) is 6.07 Å². The molecular weight excluding hydrogens is 348 g/mol. The predicted octanol–water partition coefficient (Wildman–Crippen LogP) is 3.13. The van der Waals surface area contributed by atoms with E-state index in [1.54, 1.807) is 12.3 Å². The van der Waals surface area contributed by atoms with Crippen LogP contribution >= 0.6 is 27.3 Å². The Kier molecular flexibility index (Phi) is 4.29. The smallest absolute Gasteiger partial charge is 0.250 e. The molecule has 102 valence electrons. The molecule has 0 radical (unpaired) electrons. The van der Waals surface area contributed by atoms with E-state index in [4.69, 9.17) is 5.73 Å². The van der Waals surface area contributed by atoms with Crippen LogP contribution in [0.5, 0.6) is 0 Å². The van der Waals surface area contributed by atoms with Gasteiger partial charge in [0.05, 0.1) is 0 Å². The topological polar surface area (TPSA) is 72.2 Å². The molecular formula is C12H13BrN2O2S2. The van der Waals surface area contributed by atoms with Crippen molar-refractivity contribution in [2.45, 2.75) is 17.2 Å². The molecule has 1 heterocycles. The number of nitrogens with two attached hydrogens (primary N) is 1. The Morgan fingerprint density at radius 2 is 1.95 bits per heavy atom. The van der Waals surface area contributed by atoms with Gasteiger partial charge < -0.3 is 5.73 Å². The van der Waals surface area contributed by atoms with Crippen molar-refractivity contribution in [1.82, 2.24) is 4.72 Å². The van der Waals surface area contributed by atoms with Gasteiger partial charge in [-0.05, 0) is 30.7 Å². The zero-order chi connectivity index (χ0) is 14.0. The van der Waals surface area contributed by atoms with E-state index in [0.29, 0.717) is 5.69 Å². The second-order valence-corrected chi connectivity index (χ2v) is 7.86. The monoisotopic (exact) mass is 360 g/mol. The Balaban J connectivity index is 2.18. The van der Waals surface area contributed by atoms with Gasteiger partial charge in [-0.3, -0.25) is 0 Å². The van der Waals surface area contributed by atoms with E-state index in [2.05, 4.69) is 20.7 Å². The average molecular weight is 361 g/mol. The van der Waals surface area contributed by atoms with Crippen molar-refractivity contribution in [2.75, 3.05) is 5.73 Å². The maximum atomic E-state index is 12.1. The van der Waals surface area contributed by atoms with Gasteiger partial charge in [-0.2, -0.15) is 0 Å². The summed E-state index contributed by atoms with van der Waals surface area (Å²) in [5.41, 5.74) is 6.91. The highest BCUT2D eigenvalue weighted by Gasteiger charge is 2.19. The van der Waals surface area contributed by atoms with Gasteiger partial charge in [0, 0.05) is 21.6 Å². The molecule has 2 aromatic rings. The van der Waals surface area contributed by atoms with E-state index in [-0.39, 0.29) is 10.3 Å². The quantitative estimate of drug-likeness (QED) is 0.879. The first-order valence-electron chi connectivity index (χ1n) is 5.50. The summed E-state index contributed by atoms with van der Waals surface area (Å²) in [5.74, 6) is 0. The number of hydrogen-bond donors (Lipinski definition) is 2. The predicted molar refractivity (Wildman–Crippen MR) is 81.6 cm³/mol. The molecule has 0 amide bonds. The number of benzene rings is 1. The second kappa shape index (κ2) is 5.62. The van der Waals surface area contributed by atoms with Crippen LogP contribution in [-0.2, 0) is 10.0 Å². The fourth-order valence-corrected chi connectivity index (χ4v) is 4.17. The van der Waals surface area contributed by atoms with Crippen LogP contribution in [0.4, 0.5) is 5.69 Å². The highest BCUT2D eigenvalue weighted by molar-refractivity contribution is 9.10. The third-order valence-corrected chi connectivity index (χ3v) is 6.09. The maximum Gasteiger partial charge on any atom is 0.250 e. The van der Waals surface area contributed by atoms with Crippen LogP contribution < -0.4 is 10.5 Å². The molecule has 0 saturated carbocycles. The lowest BCUT2D eigenvalue weighted by Crippen LogP contribution is -2.26. The Morgan fingerprint density at radius 1 is 1.32 bits per heavy atom. The first-order valence-corrected chi connectivity index (χ1v) is 8.66. The minimum Gasteiger partial charge on any atom is -0.398 e. The SMILES string of the molecule is CC(NS(=O)(=O)c1cc(N)cs1)c1ccc(Br)cc1. The highest BCUT2D eigenvalue weighted by atomic mass is 79.9. The lowest BCUT2D eigenvalue weighted by atomic mass is 10.1. The van der Waals surface area contributed by atoms with Crippen molar-refractivity contribution in [3.8, 4) is 0 Å². The highest BCUT2D eigenvalue weighted by Crippen LogP contribution is 2.24. The summed E-state index contributed by atoms with van der Waals surface area (Å²) < 4.78 is 28.1. The maximum absolute atomic E-state index is 12.1. The van der Waals surface area contributed by atoms with Gasteiger partial charge in [0.1, 0.15) is 4.21 Å². The molecule has 3 N–H and O–H groups in total. The molecule has 2 rings (SSSR count). The van der Waals surface area contributed by atoms with Crippen molar-refractivity contribution < 1.29 is 8.42 Å². The molecule has 0 aliphatic carbocycles. The van der Waals surface area contributed by atoms with Gasteiger partial charge in [0.15, 0.2) is 0 Å². The Morgan fingerprint density at radius 3 is 2.47 bits per heavy atom. The van der Waals surface area contributed by atoms with Gasteiger partial charge >= 0.3 is 0 Å². The molecule has 1 unspecified atom stereocenters. The van der Waals surface area contributed by atoms with Gasteiger partial charge in [0.25, 0.3) is 10.0 Å². The molecule has 0 aliphatic rings. The summed E-state index contributed by atoms with van der Waals surface area (Å²) in [6.07, 6.45) is 0. The molecule has 0 bridgehead atoms. The molecule has 1 aromatic heterocycles. The number of halogens is 1. The summed E-state index contributed by atoms with van der Waals surface area (Å²) in [7, 11) is -3.52. The van der Waals surface area contributed by atoms with E-state index in [9.17, 15) is 8.42 Å². The molecule has 19 heavy (non-hydrogen) atoms. The summed E-state index contributed by atoms with van der Waals surface area (Å²) in [4.78, 5) is 0. The second-order valence-electron chi connectivity index (χ2n) is 4.09. The standard InChI is InChI=1S/C12H13BrN2O2S2/c1-8(9-2-4-10(13)5-3-9)15-19(16,17)12-6-11(14)7-18-12/h2-8,15H,14H2,1H3. The van der Waals surface area contributed by atoms with Crippen molar-refractivity contribution in [1.29, 1.82) is 0 Å². The van der Waals surface area contributed by atoms with Crippen LogP contribution in [-0.4, -0.2) is 8.42 Å². The third-order valence-electron chi connectivity index (χ3n) is 2.56. The van der Waals surface area contributed by atoms with Crippen LogP contribution in [0, 0.1) is 0 Å². The number of anilines is 1. The number of thiophene rings is 1. The summed E-state index contributed by atoms with van der Waals surface area (Å²) in [6, 6.07) is 8.66. The molecule has 0 saturated heterocycles. The van der Waals surface area contributed by atoms with E-state index in [0.717, 1.165) is 21.4 Å². The largest absolute Gasteiger partial charge is 0.398 e. The van der Waals surface area contributed by atoms with Gasteiger partial charge in [0.2, 0.25) is 0 Å². The molecule has 7 heteroatoms. The minimum absolute atomic E-state index is 0.231. The Labute approximate surface area is 124 Å². The lowest BCUT2D eigenvalue weighted by molar-refractivity contribution is 0.569. The normalized spacial score (nSPS) is 13.4. The van der Waals surface area contributed by atoms with Crippen molar-refractivity contribution in [3.63, 3.8) is 0 Å². The molecule has 0 spiro atoms. The van der Waals surface area contributed by atoms with E-state index >= 15 is 0 Å². The fourth-order valence-electron chi connectivity index (χ4n) is 1.58. The van der Waals surface area contributed by atoms with Crippen LogP contribution in [0.25, 0.3) is 0 Å². The van der Waals surface area contributed by atoms with Crippen LogP contribution in [0.3, 0.4) is 0 Å². The van der Waals surface area contributed by atoms with Crippen LogP contribution in [0.15, 0.2) is 44.4 Å². The zero-order valence-electron chi connectivity index (χ0n) is 10.1. The third kappa shape index (κ3) is 3.56. The summed E-state index contributed by atoms with van der Waals surface area (Å²) >= 11 is 4.46. The minimum atomic E-state index is -3.52. The first kappa shape index (κ1) is 14.5. The summed E-state index contributed by atoms with van der Waals surface area (Å²) in [6.45, 7) is 1.80. The number of hydrogen-bond acceptors (Lipinski definition) is 4. The van der Waals surface area contributed by atoms with Crippen molar-refractivity contribution >= 4 is 43.0 Å². The average Bonchev–Trinajstić information content (AvgIpc) is 2.77. The molecule has 0 aliphatic heterocycles. The fraction of sp³-hybridized carbons (Fsp3) is 0.167. The lowest BCUT2D eigenvalue weighted by Gasteiger charge is -2.13. The van der Waals surface area contributed by atoms with E-state index < -0.39 is 10.0 Å². The Hall–Kier alpha value is -0.890. The van der Waals surface area contributed by atoms with Gasteiger partial charge in [-0.15, -0.1) is 11.3 Å². The van der Waals surface area contributed by atoms with Crippen LogP contribution in [0.2, 0.25) is 0 Å². The molecule has 1 aromatic carbocycles. The van der Waals surface area contributed by atoms with Crippen molar-refractivity contribution in [3.05, 3.63) is 45.7 Å². The number of nitrogens with one attached hydrogen (secondary N) is 1. The van der Waals surface area contributed by atoms with Crippen LogP contribution in [0.1, 0.15) is 18.5 Å². The zero-order valence-corrected chi connectivity index (χ0v) is 13.3. The number of nitrogen functional groups attached to an aromatic ring is 1. The van der Waals surface area contributed by atoms with E-state index in [1.807, 2.05) is 24.3 Å². The van der Waals surface area contributed by atoms with Gasteiger partial charge in [-0.1, -0.05) is 28.1 Å². The molecule has 4 nitrogen and oxygen atoms in total. The molecule has 1 atom stereocenters. The summed E-state index contributed by atoms with van der Waals surface area (Å²) in [5, 5.41) is 1.61. The van der Waals surface area contributed by atoms with Gasteiger partial charge in [-0.25, -0.2) is 13.1 Å². The molecule has 0 fully saturated rings. The van der Waals surface area contributed by atoms with Crippen molar-refractivity contribution in [2.24, 2.45) is 0 Å². The Bertz CT molecular complexity index is 665. The number of rotatable bonds is 4. The first-order chi connectivity index (χ1) is 8.88.